The minimum atomic E-state index is -4.47. The van der Waals surface area contributed by atoms with Crippen LogP contribution in [0.2, 0.25) is 0 Å². The Kier molecular flexibility index (Phi) is 4.60. The molecule has 1 saturated carbocycles. The summed E-state index contributed by atoms with van der Waals surface area (Å²) in [5.74, 6) is -0.415. The van der Waals surface area contributed by atoms with Crippen molar-refractivity contribution in [2.75, 3.05) is 0 Å². The topological polar surface area (TPSA) is 63.7 Å². The van der Waals surface area contributed by atoms with Crippen molar-refractivity contribution < 1.29 is 22.3 Å². The molecule has 1 aliphatic rings. The fraction of sp³-hybridized carbons (Fsp3) is 0.227. The summed E-state index contributed by atoms with van der Waals surface area (Å²) in [5.41, 5.74) is 1.04. The maximum absolute atomic E-state index is 14.8. The van der Waals surface area contributed by atoms with Crippen LogP contribution in [0.4, 0.5) is 17.6 Å². The van der Waals surface area contributed by atoms with Crippen LogP contribution < -0.4 is 4.74 Å². The van der Waals surface area contributed by atoms with E-state index in [4.69, 9.17) is 4.74 Å². The normalized spacial score (nSPS) is 14.6. The zero-order chi connectivity index (χ0) is 21.6. The van der Waals surface area contributed by atoms with Crippen LogP contribution in [0.15, 0.2) is 48.8 Å². The third-order valence-electron chi connectivity index (χ3n) is 5.32. The number of ether oxygens (including phenoxy) is 1. The lowest BCUT2D eigenvalue weighted by Crippen LogP contribution is -2.25. The van der Waals surface area contributed by atoms with Gasteiger partial charge in [0.2, 0.25) is 0 Å². The minimum absolute atomic E-state index is 0.152. The Morgan fingerprint density at radius 2 is 1.74 bits per heavy atom. The van der Waals surface area contributed by atoms with Crippen LogP contribution in [0, 0.1) is 5.82 Å². The smallest absolute Gasteiger partial charge is 0.416 e. The van der Waals surface area contributed by atoms with Gasteiger partial charge in [0.1, 0.15) is 17.7 Å². The molecule has 0 spiro atoms. The lowest BCUT2D eigenvalue weighted by Gasteiger charge is -2.24. The summed E-state index contributed by atoms with van der Waals surface area (Å²) in [6, 6.07) is 7.98. The van der Waals surface area contributed by atoms with Crippen LogP contribution in [0.25, 0.3) is 33.5 Å². The highest BCUT2D eigenvalue weighted by molar-refractivity contribution is 5.80. The SMILES string of the molecule is Fc1cc(-c2cnc(OC3CCC3)nc2)ccc1-c1nc2ccc(C(F)(F)F)cc2[nH]1. The Hall–Kier alpha value is -3.49. The van der Waals surface area contributed by atoms with Crippen molar-refractivity contribution in [3.8, 4) is 28.5 Å². The summed E-state index contributed by atoms with van der Waals surface area (Å²) >= 11 is 0. The van der Waals surface area contributed by atoms with Crippen LogP contribution in [0.1, 0.15) is 24.8 Å². The first-order valence-corrected chi connectivity index (χ1v) is 9.73. The molecular formula is C22H16F4N4O. The third-order valence-corrected chi connectivity index (χ3v) is 5.32. The molecule has 1 aliphatic carbocycles. The van der Waals surface area contributed by atoms with Crippen molar-refractivity contribution in [1.82, 2.24) is 19.9 Å². The summed E-state index contributed by atoms with van der Waals surface area (Å²) in [7, 11) is 0. The summed E-state index contributed by atoms with van der Waals surface area (Å²) in [6.07, 6.45) is 1.97. The second-order valence-corrected chi connectivity index (χ2v) is 7.43. The van der Waals surface area contributed by atoms with Crippen molar-refractivity contribution in [2.24, 2.45) is 0 Å². The molecule has 4 aromatic rings. The number of nitrogens with one attached hydrogen (secondary N) is 1. The van der Waals surface area contributed by atoms with Gasteiger partial charge < -0.3 is 9.72 Å². The number of rotatable bonds is 4. The average molecular weight is 428 g/mol. The number of H-pyrrole nitrogens is 1. The number of aromatic amines is 1. The monoisotopic (exact) mass is 428 g/mol. The third kappa shape index (κ3) is 3.83. The molecule has 0 atom stereocenters. The molecule has 2 heterocycles. The van der Waals surface area contributed by atoms with Gasteiger partial charge >= 0.3 is 12.2 Å². The fourth-order valence-corrected chi connectivity index (χ4v) is 3.36. The number of nitrogens with zero attached hydrogens (tertiary/aromatic N) is 3. The number of alkyl halides is 3. The van der Waals surface area contributed by atoms with E-state index in [0.29, 0.717) is 22.7 Å². The summed E-state index contributed by atoms with van der Waals surface area (Å²) in [5, 5.41) is 0. The van der Waals surface area contributed by atoms with Gasteiger partial charge in [-0.1, -0.05) is 6.07 Å². The molecule has 0 saturated heterocycles. The molecular weight excluding hydrogens is 412 g/mol. The molecule has 0 unspecified atom stereocenters. The number of fused-ring (bicyclic) bond motifs is 1. The van der Waals surface area contributed by atoms with Crippen LogP contribution in [-0.2, 0) is 6.18 Å². The van der Waals surface area contributed by atoms with E-state index in [9.17, 15) is 17.6 Å². The quantitative estimate of drug-likeness (QED) is 0.419. The number of aromatic nitrogens is 4. The van der Waals surface area contributed by atoms with Crippen molar-refractivity contribution in [1.29, 1.82) is 0 Å². The maximum atomic E-state index is 14.8. The summed E-state index contributed by atoms with van der Waals surface area (Å²) < 4.78 is 59.2. The van der Waals surface area contributed by atoms with E-state index >= 15 is 0 Å². The Morgan fingerprint density at radius 1 is 0.968 bits per heavy atom. The number of benzene rings is 2. The van der Waals surface area contributed by atoms with Crippen molar-refractivity contribution in [2.45, 2.75) is 31.5 Å². The molecule has 2 aromatic carbocycles. The molecule has 1 N–H and O–H groups in total. The van der Waals surface area contributed by atoms with E-state index < -0.39 is 17.6 Å². The van der Waals surface area contributed by atoms with Crippen LogP contribution in [0.3, 0.4) is 0 Å². The predicted octanol–water partition coefficient (Wildman–Crippen LogP) is 5.78. The highest BCUT2D eigenvalue weighted by Crippen LogP contribution is 2.33. The highest BCUT2D eigenvalue weighted by atomic mass is 19.4. The average Bonchev–Trinajstić information content (AvgIpc) is 3.13. The molecule has 5 rings (SSSR count). The molecule has 5 nitrogen and oxygen atoms in total. The van der Waals surface area contributed by atoms with Gasteiger partial charge in [-0.2, -0.15) is 13.2 Å². The zero-order valence-corrected chi connectivity index (χ0v) is 16.1. The highest BCUT2D eigenvalue weighted by Gasteiger charge is 2.30. The van der Waals surface area contributed by atoms with E-state index in [0.717, 1.165) is 31.4 Å². The van der Waals surface area contributed by atoms with Crippen LogP contribution in [-0.4, -0.2) is 26.0 Å². The first kappa shape index (κ1) is 19.5. The molecule has 0 bridgehead atoms. The first-order chi connectivity index (χ1) is 14.9. The fourth-order valence-electron chi connectivity index (χ4n) is 3.36. The first-order valence-electron chi connectivity index (χ1n) is 9.73. The van der Waals surface area contributed by atoms with Gasteiger partial charge in [0.05, 0.1) is 22.2 Å². The van der Waals surface area contributed by atoms with Crippen molar-refractivity contribution in [3.05, 3.63) is 60.2 Å². The second kappa shape index (κ2) is 7.33. The minimum Gasteiger partial charge on any atom is -0.460 e. The van der Waals surface area contributed by atoms with E-state index in [1.165, 1.54) is 18.2 Å². The summed E-state index contributed by atoms with van der Waals surface area (Å²) in [4.78, 5) is 15.3. The summed E-state index contributed by atoms with van der Waals surface area (Å²) in [6.45, 7) is 0. The molecule has 0 amide bonds. The van der Waals surface area contributed by atoms with Gasteiger partial charge in [-0.3, -0.25) is 0 Å². The van der Waals surface area contributed by atoms with Gasteiger partial charge in [-0.15, -0.1) is 0 Å². The van der Waals surface area contributed by atoms with Gasteiger partial charge in [0.25, 0.3) is 0 Å². The molecule has 1 fully saturated rings. The van der Waals surface area contributed by atoms with Gasteiger partial charge in [0, 0.05) is 18.0 Å². The zero-order valence-electron chi connectivity index (χ0n) is 16.1. The second-order valence-electron chi connectivity index (χ2n) is 7.43. The van der Waals surface area contributed by atoms with Gasteiger partial charge in [0.15, 0.2) is 0 Å². The molecule has 2 aromatic heterocycles. The number of hydrogen-bond donors (Lipinski definition) is 1. The Bertz CT molecular complexity index is 1250. The Morgan fingerprint density at radius 3 is 2.39 bits per heavy atom. The number of imidazole rings is 1. The van der Waals surface area contributed by atoms with Crippen molar-refractivity contribution >= 4 is 11.0 Å². The predicted molar refractivity (Wildman–Crippen MR) is 106 cm³/mol. The van der Waals surface area contributed by atoms with E-state index in [2.05, 4.69) is 19.9 Å². The van der Waals surface area contributed by atoms with Gasteiger partial charge in [-0.05, 0) is 55.2 Å². The molecule has 0 aliphatic heterocycles. The maximum Gasteiger partial charge on any atom is 0.416 e. The van der Waals surface area contributed by atoms with Crippen LogP contribution >= 0.6 is 0 Å². The van der Waals surface area contributed by atoms with E-state index in [1.807, 2.05) is 0 Å². The van der Waals surface area contributed by atoms with Gasteiger partial charge in [-0.25, -0.2) is 19.3 Å². The van der Waals surface area contributed by atoms with E-state index in [-0.39, 0.29) is 23.0 Å². The number of hydrogen-bond acceptors (Lipinski definition) is 4. The lowest BCUT2D eigenvalue weighted by molar-refractivity contribution is -0.137. The Labute approximate surface area is 174 Å². The molecule has 31 heavy (non-hydrogen) atoms. The van der Waals surface area contributed by atoms with Crippen LogP contribution in [0.5, 0.6) is 6.01 Å². The number of halogens is 4. The van der Waals surface area contributed by atoms with Crippen molar-refractivity contribution in [3.63, 3.8) is 0 Å². The molecule has 9 heteroatoms. The largest absolute Gasteiger partial charge is 0.460 e. The standard InChI is InChI=1S/C22H16F4N4O/c23-17-8-12(13-10-27-21(28-11-13)31-15-2-1-3-15)4-6-16(17)20-29-18-7-5-14(22(24,25)26)9-19(18)30-20/h4-11,15H,1-3H2,(H,29,30). The molecule has 0 radical (unpaired) electrons. The molecule has 158 valence electrons. The van der Waals surface area contributed by atoms with E-state index in [1.54, 1.807) is 18.5 Å². The Balaban J connectivity index is 1.41. The lowest BCUT2D eigenvalue weighted by atomic mass is 9.96.